The highest BCUT2D eigenvalue weighted by molar-refractivity contribution is 7.12. The SMILES string of the molecule is CN/C=C(\N)C1CC(c2sc(C(F)(F)F)cc2OCO)CC(C)N1C.O=CC(F)F. The first kappa shape index (κ1) is 26.1. The van der Waals surface area contributed by atoms with Crippen LogP contribution >= 0.6 is 11.3 Å². The fourth-order valence-corrected chi connectivity index (χ4v) is 4.36. The van der Waals surface area contributed by atoms with Crippen LogP contribution in [0.25, 0.3) is 0 Å². The molecule has 0 amide bonds. The van der Waals surface area contributed by atoms with Gasteiger partial charge >= 0.3 is 6.18 Å². The van der Waals surface area contributed by atoms with Crippen molar-refractivity contribution in [2.45, 2.75) is 50.4 Å². The number of aldehydes is 1. The predicted octanol–water partition coefficient (Wildman–Crippen LogP) is 3.13. The van der Waals surface area contributed by atoms with Crippen molar-refractivity contribution in [2.24, 2.45) is 5.73 Å². The highest BCUT2D eigenvalue weighted by Crippen LogP contribution is 2.47. The van der Waals surface area contributed by atoms with E-state index in [2.05, 4.69) is 10.2 Å². The van der Waals surface area contributed by atoms with Gasteiger partial charge in [0.2, 0.25) is 0 Å². The van der Waals surface area contributed by atoms with Crippen LogP contribution in [0.1, 0.15) is 35.4 Å². The van der Waals surface area contributed by atoms with E-state index < -0.39 is 30.6 Å². The number of carbonyl (C=O) groups excluding carboxylic acids is 1. The van der Waals surface area contributed by atoms with Gasteiger partial charge in [0.05, 0.1) is 10.9 Å². The average molecular weight is 459 g/mol. The van der Waals surface area contributed by atoms with E-state index in [-0.39, 0.29) is 23.8 Å². The van der Waals surface area contributed by atoms with E-state index in [0.717, 1.165) is 6.07 Å². The summed E-state index contributed by atoms with van der Waals surface area (Å²) in [4.78, 5) is 10.7. The molecule has 1 aliphatic rings. The average Bonchev–Trinajstić information content (AvgIpc) is 3.09. The number of aliphatic hydroxyl groups is 1. The smallest absolute Gasteiger partial charge is 0.425 e. The zero-order valence-corrected chi connectivity index (χ0v) is 17.6. The van der Waals surface area contributed by atoms with E-state index in [0.29, 0.717) is 34.8 Å². The number of hydrogen-bond acceptors (Lipinski definition) is 7. The van der Waals surface area contributed by atoms with Crippen molar-refractivity contribution in [3.05, 3.63) is 27.7 Å². The summed E-state index contributed by atoms with van der Waals surface area (Å²) in [6.07, 6.45) is -4.66. The summed E-state index contributed by atoms with van der Waals surface area (Å²) < 4.78 is 65.1. The molecule has 30 heavy (non-hydrogen) atoms. The molecular weight excluding hydrogens is 433 g/mol. The van der Waals surface area contributed by atoms with Crippen molar-refractivity contribution >= 4 is 17.6 Å². The van der Waals surface area contributed by atoms with E-state index in [9.17, 15) is 22.0 Å². The topological polar surface area (TPSA) is 87.8 Å². The largest absolute Gasteiger partial charge is 0.467 e. The number of thiophene rings is 1. The van der Waals surface area contributed by atoms with Crippen molar-refractivity contribution in [3.63, 3.8) is 0 Å². The summed E-state index contributed by atoms with van der Waals surface area (Å²) in [6, 6.07) is 1.03. The maximum atomic E-state index is 13.1. The van der Waals surface area contributed by atoms with Crippen LogP contribution in [0.5, 0.6) is 5.75 Å². The number of halogens is 5. The number of hydrogen-bond donors (Lipinski definition) is 3. The Morgan fingerprint density at radius 3 is 2.53 bits per heavy atom. The minimum Gasteiger partial charge on any atom is -0.467 e. The number of piperidine rings is 1. The molecule has 0 radical (unpaired) electrons. The van der Waals surface area contributed by atoms with E-state index >= 15 is 0 Å². The second-order valence-corrected chi connectivity index (χ2v) is 7.80. The van der Waals surface area contributed by atoms with Gasteiger partial charge in [-0.15, -0.1) is 11.3 Å². The van der Waals surface area contributed by atoms with Crippen molar-refractivity contribution in [1.29, 1.82) is 0 Å². The molecule has 3 unspecified atom stereocenters. The van der Waals surface area contributed by atoms with Crippen molar-refractivity contribution in [1.82, 2.24) is 10.2 Å². The van der Waals surface area contributed by atoms with Gasteiger partial charge in [0.15, 0.2) is 13.1 Å². The molecule has 1 aromatic rings. The summed E-state index contributed by atoms with van der Waals surface area (Å²) in [5.41, 5.74) is 6.77. The number of likely N-dealkylation sites (tertiary alicyclic amines) is 1. The lowest BCUT2D eigenvalue weighted by atomic mass is 9.84. The van der Waals surface area contributed by atoms with Crippen LogP contribution in [-0.2, 0) is 11.0 Å². The van der Waals surface area contributed by atoms with E-state index in [1.54, 1.807) is 13.2 Å². The quantitative estimate of drug-likeness (QED) is 0.344. The Bertz CT molecular complexity index is 712. The molecule has 0 saturated carbocycles. The molecule has 1 saturated heterocycles. The first-order valence-corrected chi connectivity index (χ1v) is 9.80. The van der Waals surface area contributed by atoms with Crippen LogP contribution in [0.3, 0.4) is 0 Å². The number of likely N-dealkylation sites (N-methyl/N-ethyl adjacent to an activating group) is 1. The molecule has 3 atom stereocenters. The van der Waals surface area contributed by atoms with E-state index in [1.165, 1.54) is 0 Å². The number of ether oxygens (including phenoxy) is 1. The number of alkyl halides is 5. The molecule has 2 rings (SSSR count). The summed E-state index contributed by atoms with van der Waals surface area (Å²) in [5.74, 6) is -0.0147. The molecule has 2 heterocycles. The van der Waals surface area contributed by atoms with Crippen LogP contribution in [0, 0.1) is 0 Å². The Morgan fingerprint density at radius 1 is 1.47 bits per heavy atom. The third kappa shape index (κ3) is 7.10. The Labute approximate surface area is 175 Å². The monoisotopic (exact) mass is 459 g/mol. The molecule has 0 bridgehead atoms. The molecule has 6 nitrogen and oxygen atoms in total. The van der Waals surface area contributed by atoms with Gasteiger partial charge < -0.3 is 20.9 Å². The first-order chi connectivity index (χ1) is 14.0. The van der Waals surface area contributed by atoms with Gasteiger partial charge in [0, 0.05) is 37.0 Å². The van der Waals surface area contributed by atoms with Crippen LogP contribution in [0.15, 0.2) is 18.0 Å². The summed E-state index contributed by atoms with van der Waals surface area (Å²) >= 11 is 0.688. The molecule has 0 spiro atoms. The maximum Gasteiger partial charge on any atom is 0.425 e. The minimum atomic E-state index is -4.43. The van der Waals surface area contributed by atoms with Crippen LogP contribution < -0.4 is 15.8 Å². The van der Waals surface area contributed by atoms with Crippen molar-refractivity contribution < 1.29 is 36.6 Å². The lowest BCUT2D eigenvalue weighted by molar-refractivity contribution is -0.134. The Kier molecular flexibility index (Phi) is 9.98. The molecule has 0 aliphatic carbocycles. The molecule has 0 aromatic carbocycles. The normalized spacial score (nSPS) is 23.0. The third-order valence-corrected chi connectivity index (χ3v) is 6.04. The van der Waals surface area contributed by atoms with Gasteiger partial charge in [0.25, 0.3) is 6.43 Å². The molecule has 1 fully saturated rings. The van der Waals surface area contributed by atoms with Crippen LogP contribution in [-0.4, -0.2) is 55.7 Å². The highest BCUT2D eigenvalue weighted by Gasteiger charge is 2.39. The van der Waals surface area contributed by atoms with Gasteiger partial charge in [-0.3, -0.25) is 9.69 Å². The zero-order chi connectivity index (χ0) is 23.1. The third-order valence-electron chi connectivity index (χ3n) is 4.71. The Hall–Kier alpha value is -1.92. The number of nitrogens with two attached hydrogens (primary N) is 1. The number of nitrogens with one attached hydrogen (secondary N) is 1. The number of aliphatic hydroxyl groups excluding tert-OH is 1. The van der Waals surface area contributed by atoms with Crippen molar-refractivity contribution in [3.8, 4) is 5.75 Å². The molecule has 172 valence electrons. The zero-order valence-electron chi connectivity index (χ0n) is 16.7. The van der Waals surface area contributed by atoms with E-state index in [4.69, 9.17) is 20.4 Å². The fourth-order valence-electron chi connectivity index (χ4n) is 3.26. The number of nitrogens with zero attached hydrogens (tertiary/aromatic N) is 1. The second kappa shape index (κ2) is 11.5. The predicted molar refractivity (Wildman–Crippen MR) is 103 cm³/mol. The van der Waals surface area contributed by atoms with Gasteiger partial charge in [-0.2, -0.15) is 13.2 Å². The lowest BCUT2D eigenvalue weighted by Gasteiger charge is -2.42. The summed E-state index contributed by atoms with van der Waals surface area (Å²) in [6.45, 7) is 1.37. The van der Waals surface area contributed by atoms with Gasteiger partial charge in [0.1, 0.15) is 10.6 Å². The number of carbonyl (C=O) groups is 1. The minimum absolute atomic E-state index is 0.0837. The Balaban J connectivity index is 0.000000804. The van der Waals surface area contributed by atoms with Crippen LogP contribution in [0.2, 0.25) is 0 Å². The Morgan fingerprint density at radius 2 is 2.07 bits per heavy atom. The summed E-state index contributed by atoms with van der Waals surface area (Å²) in [5, 5.41) is 11.9. The molecular formula is C18H26F5N3O3S. The second-order valence-electron chi connectivity index (χ2n) is 6.71. The summed E-state index contributed by atoms with van der Waals surface area (Å²) in [7, 11) is 3.71. The number of rotatable bonds is 6. The van der Waals surface area contributed by atoms with Crippen LogP contribution in [0.4, 0.5) is 22.0 Å². The fraction of sp³-hybridized carbons (Fsp3) is 0.611. The van der Waals surface area contributed by atoms with Crippen molar-refractivity contribution in [2.75, 3.05) is 20.9 Å². The lowest BCUT2D eigenvalue weighted by Crippen LogP contribution is -2.47. The molecule has 12 heteroatoms. The van der Waals surface area contributed by atoms with Gasteiger partial charge in [-0.1, -0.05) is 0 Å². The standard InChI is InChI=1S/C16H24F3N3O2S.C2H2F2O/c1-9-4-10(5-12(22(9)3)11(20)7-21-2)15-13(24-8-23)6-14(25-15)16(17,18)19;3-2(4)1-5/h6-7,9-10,12,21,23H,4-5,8,20H2,1-3H3;1-2H/b11-7-;. The van der Waals surface area contributed by atoms with Gasteiger partial charge in [-0.25, -0.2) is 8.78 Å². The molecule has 4 N–H and O–H groups in total. The molecule has 1 aliphatic heterocycles. The van der Waals surface area contributed by atoms with E-state index in [1.807, 2.05) is 14.0 Å². The molecule has 1 aromatic heterocycles. The highest BCUT2D eigenvalue weighted by atomic mass is 32.1. The first-order valence-electron chi connectivity index (χ1n) is 8.98. The maximum absolute atomic E-state index is 13.1. The van der Waals surface area contributed by atoms with Gasteiger partial charge in [-0.05, 0) is 26.8 Å².